The number of nitrogens with one attached hydrogen (secondary N) is 1. The van der Waals surface area contributed by atoms with E-state index in [4.69, 9.17) is 0 Å². The summed E-state index contributed by atoms with van der Waals surface area (Å²) in [5.41, 5.74) is 1.43. The predicted octanol–water partition coefficient (Wildman–Crippen LogP) is 2.42. The highest BCUT2D eigenvalue weighted by Gasteiger charge is 2.11. The monoisotopic (exact) mass is 377 g/mol. The van der Waals surface area contributed by atoms with Gasteiger partial charge < -0.3 is 5.32 Å². The van der Waals surface area contributed by atoms with E-state index in [9.17, 15) is 14.0 Å². The molecule has 0 unspecified atom stereocenters. The van der Waals surface area contributed by atoms with Crippen LogP contribution in [0.25, 0.3) is 10.9 Å². The smallest absolute Gasteiger partial charge is 0.261 e. The van der Waals surface area contributed by atoms with E-state index in [1.165, 1.54) is 18.5 Å². The van der Waals surface area contributed by atoms with E-state index >= 15 is 0 Å². The first-order valence-corrected chi connectivity index (χ1v) is 8.60. The maximum absolute atomic E-state index is 13.4. The highest BCUT2D eigenvalue weighted by Crippen LogP contribution is 2.16. The molecule has 0 atom stereocenters. The number of amides is 1. The summed E-state index contributed by atoms with van der Waals surface area (Å²) < 4.78 is 16.3. The number of para-hydroxylation sites is 1. The third kappa shape index (κ3) is 3.66. The summed E-state index contributed by atoms with van der Waals surface area (Å²) in [6, 6.07) is 13.0. The first-order valence-electron chi connectivity index (χ1n) is 8.60. The number of hydrogen-bond donors (Lipinski definition) is 1. The summed E-state index contributed by atoms with van der Waals surface area (Å²) in [6.07, 6.45) is 4.80. The maximum atomic E-state index is 13.4. The van der Waals surface area contributed by atoms with E-state index in [-0.39, 0.29) is 17.8 Å². The second kappa shape index (κ2) is 7.43. The lowest BCUT2D eigenvalue weighted by molar-refractivity contribution is -0.116. The molecule has 8 heteroatoms. The van der Waals surface area contributed by atoms with E-state index in [0.29, 0.717) is 17.7 Å². The van der Waals surface area contributed by atoms with Gasteiger partial charge in [-0.3, -0.25) is 18.8 Å². The molecular formula is C20H16FN5O2. The molecule has 0 saturated carbocycles. The lowest BCUT2D eigenvalue weighted by Gasteiger charge is -2.12. The summed E-state index contributed by atoms with van der Waals surface area (Å²) in [5, 5.41) is 7.12. The van der Waals surface area contributed by atoms with Gasteiger partial charge in [0.15, 0.2) is 0 Å². The summed E-state index contributed by atoms with van der Waals surface area (Å²) in [7, 11) is 0. The number of hydrogen-bond acceptors (Lipinski definition) is 4. The molecule has 140 valence electrons. The average molecular weight is 377 g/mol. The third-order valence-corrected chi connectivity index (χ3v) is 4.28. The zero-order chi connectivity index (χ0) is 19.5. The van der Waals surface area contributed by atoms with Crippen LogP contribution in [0.2, 0.25) is 0 Å². The molecule has 0 saturated heterocycles. The van der Waals surface area contributed by atoms with Crippen LogP contribution in [0.1, 0.15) is 5.56 Å². The number of carbonyl (C=O) groups excluding carboxylic acids is 1. The van der Waals surface area contributed by atoms with Gasteiger partial charge in [0.05, 0.1) is 23.8 Å². The van der Waals surface area contributed by atoms with E-state index in [1.807, 2.05) is 30.5 Å². The van der Waals surface area contributed by atoms with Gasteiger partial charge >= 0.3 is 0 Å². The Balaban J connectivity index is 1.55. The van der Waals surface area contributed by atoms with Crippen molar-refractivity contribution in [3.63, 3.8) is 0 Å². The Kier molecular flexibility index (Phi) is 4.67. The van der Waals surface area contributed by atoms with Gasteiger partial charge in [-0.25, -0.2) is 9.37 Å². The molecule has 4 aromatic rings. The number of anilines is 1. The zero-order valence-corrected chi connectivity index (χ0v) is 14.7. The fourth-order valence-corrected chi connectivity index (χ4v) is 2.94. The van der Waals surface area contributed by atoms with Crippen molar-refractivity contribution in [3.8, 4) is 0 Å². The van der Waals surface area contributed by atoms with Gasteiger partial charge in [0, 0.05) is 18.1 Å². The Labute approximate surface area is 159 Å². The SMILES string of the molecule is O=C(Cn1cnc2ccc(F)cc2c1=O)Nc1ccccc1Cn1cccn1. The number of carbonyl (C=O) groups is 1. The zero-order valence-electron chi connectivity index (χ0n) is 14.7. The predicted molar refractivity (Wildman–Crippen MR) is 102 cm³/mol. The minimum absolute atomic E-state index is 0.134. The molecule has 0 aliphatic heterocycles. The second-order valence-electron chi connectivity index (χ2n) is 6.25. The molecule has 1 amide bonds. The molecule has 0 radical (unpaired) electrons. The highest BCUT2D eigenvalue weighted by molar-refractivity contribution is 5.91. The van der Waals surface area contributed by atoms with Crippen molar-refractivity contribution in [2.75, 3.05) is 5.32 Å². The Morgan fingerprint density at radius 3 is 2.82 bits per heavy atom. The first kappa shape index (κ1) is 17.6. The molecule has 4 rings (SSSR count). The van der Waals surface area contributed by atoms with Crippen LogP contribution in [0.4, 0.5) is 10.1 Å². The van der Waals surface area contributed by atoms with Gasteiger partial charge in [0.2, 0.25) is 5.91 Å². The molecule has 0 spiro atoms. The van der Waals surface area contributed by atoms with Crippen LogP contribution in [-0.2, 0) is 17.9 Å². The maximum Gasteiger partial charge on any atom is 0.261 e. The van der Waals surface area contributed by atoms with Crippen LogP contribution in [0.5, 0.6) is 0 Å². The normalized spacial score (nSPS) is 10.9. The van der Waals surface area contributed by atoms with Crippen molar-refractivity contribution in [2.24, 2.45) is 0 Å². The fraction of sp³-hybridized carbons (Fsp3) is 0.100. The molecule has 0 fully saturated rings. The van der Waals surface area contributed by atoms with E-state index in [0.717, 1.165) is 16.2 Å². The van der Waals surface area contributed by atoms with Crippen LogP contribution in [0, 0.1) is 5.82 Å². The molecule has 7 nitrogen and oxygen atoms in total. The highest BCUT2D eigenvalue weighted by atomic mass is 19.1. The van der Waals surface area contributed by atoms with Crippen LogP contribution in [0.15, 0.2) is 72.0 Å². The number of nitrogens with zero attached hydrogens (tertiary/aromatic N) is 4. The standard InChI is InChI=1S/C20H16FN5O2/c21-15-6-7-18-16(10-15)20(28)25(13-22-18)12-19(27)24-17-5-2-1-4-14(17)11-26-9-3-8-23-26/h1-10,13H,11-12H2,(H,24,27). The first-order chi connectivity index (χ1) is 13.6. The minimum Gasteiger partial charge on any atom is -0.324 e. The van der Waals surface area contributed by atoms with Crippen molar-refractivity contribution < 1.29 is 9.18 Å². The molecular weight excluding hydrogens is 361 g/mol. The quantitative estimate of drug-likeness (QED) is 0.579. The van der Waals surface area contributed by atoms with Gasteiger partial charge in [-0.15, -0.1) is 0 Å². The lowest BCUT2D eigenvalue weighted by atomic mass is 10.1. The van der Waals surface area contributed by atoms with E-state index in [2.05, 4.69) is 15.4 Å². The fourth-order valence-electron chi connectivity index (χ4n) is 2.94. The topological polar surface area (TPSA) is 81.8 Å². The largest absolute Gasteiger partial charge is 0.324 e. The van der Waals surface area contributed by atoms with Crippen molar-refractivity contribution in [3.05, 3.63) is 89.0 Å². The number of aromatic nitrogens is 4. The molecule has 0 aliphatic carbocycles. The van der Waals surface area contributed by atoms with Gasteiger partial charge in [-0.2, -0.15) is 5.10 Å². The van der Waals surface area contributed by atoms with E-state index < -0.39 is 11.4 Å². The number of fused-ring (bicyclic) bond motifs is 1. The molecule has 28 heavy (non-hydrogen) atoms. The summed E-state index contributed by atoms with van der Waals surface area (Å²) in [6.45, 7) is 0.272. The van der Waals surface area contributed by atoms with Crippen molar-refractivity contribution >= 4 is 22.5 Å². The number of benzene rings is 2. The number of halogens is 1. The summed E-state index contributed by atoms with van der Waals surface area (Å²) in [5.74, 6) is -0.909. The molecule has 2 heterocycles. The minimum atomic E-state index is -0.527. The molecule has 1 N–H and O–H groups in total. The van der Waals surface area contributed by atoms with Gasteiger partial charge in [0.1, 0.15) is 12.4 Å². The van der Waals surface area contributed by atoms with E-state index in [1.54, 1.807) is 16.9 Å². The van der Waals surface area contributed by atoms with Gasteiger partial charge in [0.25, 0.3) is 5.56 Å². The Hall–Kier alpha value is -3.81. The van der Waals surface area contributed by atoms with Gasteiger partial charge in [-0.05, 0) is 35.9 Å². The molecule has 2 aromatic carbocycles. The Morgan fingerprint density at radius 2 is 2.00 bits per heavy atom. The van der Waals surface area contributed by atoms with Crippen molar-refractivity contribution in [1.29, 1.82) is 0 Å². The third-order valence-electron chi connectivity index (χ3n) is 4.28. The Morgan fingerprint density at radius 1 is 1.14 bits per heavy atom. The van der Waals surface area contributed by atoms with Crippen molar-refractivity contribution in [2.45, 2.75) is 13.1 Å². The number of rotatable bonds is 5. The van der Waals surface area contributed by atoms with Crippen LogP contribution < -0.4 is 10.9 Å². The molecule has 0 bridgehead atoms. The Bertz CT molecular complexity index is 1200. The summed E-state index contributed by atoms with van der Waals surface area (Å²) >= 11 is 0. The average Bonchev–Trinajstić information content (AvgIpc) is 3.19. The van der Waals surface area contributed by atoms with Gasteiger partial charge in [-0.1, -0.05) is 18.2 Å². The lowest BCUT2D eigenvalue weighted by Crippen LogP contribution is -2.28. The molecule has 2 aromatic heterocycles. The second-order valence-corrected chi connectivity index (χ2v) is 6.25. The van der Waals surface area contributed by atoms with Crippen LogP contribution >= 0.6 is 0 Å². The van der Waals surface area contributed by atoms with Crippen LogP contribution in [0.3, 0.4) is 0 Å². The van der Waals surface area contributed by atoms with Crippen molar-refractivity contribution in [1.82, 2.24) is 19.3 Å². The molecule has 0 aliphatic rings. The summed E-state index contributed by atoms with van der Waals surface area (Å²) in [4.78, 5) is 29.1. The van der Waals surface area contributed by atoms with Crippen LogP contribution in [-0.4, -0.2) is 25.2 Å².